The van der Waals surface area contributed by atoms with Crippen molar-refractivity contribution in [3.05, 3.63) is 101 Å². The summed E-state index contributed by atoms with van der Waals surface area (Å²) in [6.45, 7) is 5.50. The van der Waals surface area contributed by atoms with Crippen LogP contribution in [0.25, 0.3) is 0 Å². The molecule has 32 heavy (non-hydrogen) atoms. The van der Waals surface area contributed by atoms with Crippen LogP contribution >= 0.6 is 11.6 Å². The fourth-order valence-electron chi connectivity index (χ4n) is 3.58. The van der Waals surface area contributed by atoms with Gasteiger partial charge in [-0.25, -0.2) is 0 Å². The number of rotatable bonds is 8. The molecule has 3 aromatic rings. The monoisotopic (exact) mass is 446 g/mol. The summed E-state index contributed by atoms with van der Waals surface area (Å²) in [7, 11) is 0. The Kier molecular flexibility index (Phi) is 7.56. The van der Waals surface area contributed by atoms with Crippen molar-refractivity contribution in [2.24, 2.45) is 0 Å². The minimum Gasteiger partial charge on any atom is -0.478 e. The number of carbonyl (C=O) groups excluding carboxylic acids is 1. The van der Waals surface area contributed by atoms with Crippen LogP contribution in [0, 0.1) is 11.3 Å². The minimum absolute atomic E-state index is 0.0760. The molecule has 3 aromatic carbocycles. The maximum absolute atomic E-state index is 13.1. The fraction of sp³-hybridized carbons (Fsp3) is 0.259. The number of nitriles is 1. The molecule has 4 nitrogen and oxygen atoms in total. The van der Waals surface area contributed by atoms with E-state index < -0.39 is 5.60 Å². The van der Waals surface area contributed by atoms with Gasteiger partial charge in [0, 0.05) is 17.0 Å². The number of hydrogen-bond acceptors (Lipinski definition) is 3. The number of halogens is 1. The second-order valence-electron chi connectivity index (χ2n) is 8.36. The zero-order valence-electron chi connectivity index (χ0n) is 18.5. The maximum Gasteiger partial charge on any atom is 0.263 e. The minimum atomic E-state index is -1.08. The lowest BCUT2D eigenvalue weighted by molar-refractivity contribution is -0.135. The molecule has 0 radical (unpaired) electrons. The van der Waals surface area contributed by atoms with Gasteiger partial charge in [-0.1, -0.05) is 54.1 Å². The van der Waals surface area contributed by atoms with Gasteiger partial charge in [0.2, 0.25) is 0 Å². The van der Waals surface area contributed by atoms with E-state index in [2.05, 4.69) is 23.5 Å². The van der Waals surface area contributed by atoms with Crippen molar-refractivity contribution in [1.82, 2.24) is 5.32 Å². The largest absolute Gasteiger partial charge is 0.478 e. The van der Waals surface area contributed by atoms with Gasteiger partial charge in [0.25, 0.3) is 5.91 Å². The van der Waals surface area contributed by atoms with Gasteiger partial charge >= 0.3 is 0 Å². The van der Waals surface area contributed by atoms with E-state index in [1.165, 1.54) is 0 Å². The highest BCUT2D eigenvalue weighted by Gasteiger charge is 2.33. The first-order valence-corrected chi connectivity index (χ1v) is 11.0. The van der Waals surface area contributed by atoms with Crippen molar-refractivity contribution in [2.75, 3.05) is 0 Å². The molecule has 0 spiro atoms. The SMILES string of the molecule is C[C@H](NC(=O)C(C)(C)Oc1ccc(C#N)cc1)[C@@H](Cc1ccc(Cl)cc1)c1ccccc1. The first-order chi connectivity index (χ1) is 15.3. The Morgan fingerprint density at radius 1 is 1.03 bits per heavy atom. The highest BCUT2D eigenvalue weighted by atomic mass is 35.5. The smallest absolute Gasteiger partial charge is 0.263 e. The molecule has 0 saturated carbocycles. The topological polar surface area (TPSA) is 62.1 Å². The van der Waals surface area contributed by atoms with Crippen LogP contribution in [0.4, 0.5) is 0 Å². The van der Waals surface area contributed by atoms with Crippen LogP contribution in [0.3, 0.4) is 0 Å². The molecule has 0 fully saturated rings. The van der Waals surface area contributed by atoms with Gasteiger partial charge < -0.3 is 10.1 Å². The maximum atomic E-state index is 13.1. The molecule has 0 aromatic heterocycles. The van der Waals surface area contributed by atoms with Crippen molar-refractivity contribution in [1.29, 1.82) is 5.26 Å². The third-order valence-electron chi connectivity index (χ3n) is 5.46. The van der Waals surface area contributed by atoms with Gasteiger partial charge in [0.05, 0.1) is 11.6 Å². The van der Waals surface area contributed by atoms with E-state index in [0.29, 0.717) is 16.3 Å². The Labute approximate surface area is 194 Å². The quantitative estimate of drug-likeness (QED) is 0.468. The number of amides is 1. The summed E-state index contributed by atoms with van der Waals surface area (Å²) in [5.74, 6) is 0.413. The number of benzene rings is 3. The summed E-state index contributed by atoms with van der Waals surface area (Å²) in [6.07, 6.45) is 0.763. The van der Waals surface area contributed by atoms with Crippen LogP contribution < -0.4 is 10.1 Å². The van der Waals surface area contributed by atoms with Crippen molar-refractivity contribution in [3.8, 4) is 11.8 Å². The van der Waals surface area contributed by atoms with Gasteiger partial charge in [-0.2, -0.15) is 5.26 Å². The number of nitrogens with zero attached hydrogens (tertiary/aromatic N) is 1. The summed E-state index contributed by atoms with van der Waals surface area (Å²) in [6, 6.07) is 26.7. The third kappa shape index (κ3) is 6.12. The average Bonchev–Trinajstić information content (AvgIpc) is 2.79. The van der Waals surface area contributed by atoms with Crippen LogP contribution in [0.15, 0.2) is 78.9 Å². The van der Waals surface area contributed by atoms with Gasteiger partial charge in [-0.3, -0.25) is 4.79 Å². The average molecular weight is 447 g/mol. The Bertz CT molecular complexity index is 1070. The summed E-state index contributed by atoms with van der Waals surface area (Å²) >= 11 is 6.04. The lowest BCUT2D eigenvalue weighted by Crippen LogP contribution is -2.51. The van der Waals surface area contributed by atoms with Gasteiger partial charge in [0.15, 0.2) is 5.60 Å². The van der Waals surface area contributed by atoms with Crippen LogP contribution in [0.2, 0.25) is 5.02 Å². The first kappa shape index (κ1) is 23.4. The summed E-state index contributed by atoms with van der Waals surface area (Å²) in [4.78, 5) is 13.1. The zero-order valence-corrected chi connectivity index (χ0v) is 19.3. The van der Waals surface area contributed by atoms with Crippen molar-refractivity contribution >= 4 is 17.5 Å². The van der Waals surface area contributed by atoms with Crippen LogP contribution in [0.5, 0.6) is 5.75 Å². The van der Waals surface area contributed by atoms with E-state index in [1.807, 2.05) is 49.4 Å². The summed E-state index contributed by atoms with van der Waals surface area (Å²) in [5, 5.41) is 12.8. The van der Waals surface area contributed by atoms with Gasteiger partial charge in [-0.05, 0) is 74.7 Å². The Hall–Kier alpha value is -3.29. The summed E-state index contributed by atoms with van der Waals surface area (Å²) < 4.78 is 5.94. The molecule has 5 heteroatoms. The molecule has 0 heterocycles. The molecule has 0 bridgehead atoms. The van der Waals surface area contributed by atoms with Crippen LogP contribution in [0.1, 0.15) is 43.4 Å². The van der Waals surface area contributed by atoms with Gasteiger partial charge in [-0.15, -0.1) is 0 Å². The third-order valence-corrected chi connectivity index (χ3v) is 5.71. The van der Waals surface area contributed by atoms with E-state index in [1.54, 1.807) is 38.1 Å². The van der Waals surface area contributed by atoms with E-state index in [9.17, 15) is 4.79 Å². The summed E-state index contributed by atoms with van der Waals surface area (Å²) in [5.41, 5.74) is 1.77. The molecule has 0 saturated heterocycles. The second kappa shape index (κ2) is 10.3. The lowest BCUT2D eigenvalue weighted by Gasteiger charge is -2.31. The molecular weight excluding hydrogens is 420 g/mol. The highest BCUT2D eigenvalue weighted by Crippen LogP contribution is 2.26. The van der Waals surface area contributed by atoms with Crippen molar-refractivity contribution in [3.63, 3.8) is 0 Å². The van der Waals surface area contributed by atoms with E-state index in [4.69, 9.17) is 21.6 Å². The Balaban J connectivity index is 1.74. The van der Waals surface area contributed by atoms with Crippen molar-refractivity contribution < 1.29 is 9.53 Å². The standard InChI is InChI=1S/C27H27ClN2O2/c1-19(30-26(31)27(2,3)32-24-15-11-21(18-29)12-16-24)25(22-7-5-4-6-8-22)17-20-9-13-23(28)14-10-20/h4-16,19,25H,17H2,1-3H3,(H,30,31)/t19-,25+/m0/s1. The predicted octanol–water partition coefficient (Wildman–Crippen LogP) is 5.90. The highest BCUT2D eigenvalue weighted by molar-refractivity contribution is 6.30. The molecule has 3 rings (SSSR count). The number of nitrogens with one attached hydrogen (secondary N) is 1. The van der Waals surface area contributed by atoms with Gasteiger partial charge in [0.1, 0.15) is 5.75 Å². The van der Waals surface area contributed by atoms with Crippen molar-refractivity contribution in [2.45, 2.75) is 44.8 Å². The lowest BCUT2D eigenvalue weighted by atomic mass is 9.86. The molecule has 0 aliphatic rings. The number of hydrogen-bond donors (Lipinski definition) is 1. The molecular formula is C27H27ClN2O2. The molecule has 164 valence electrons. The molecule has 0 aliphatic carbocycles. The first-order valence-electron chi connectivity index (χ1n) is 10.6. The second-order valence-corrected chi connectivity index (χ2v) is 8.79. The normalized spacial score (nSPS) is 13.0. The fourth-order valence-corrected chi connectivity index (χ4v) is 3.70. The molecule has 2 atom stereocenters. The molecule has 1 N–H and O–H groups in total. The Morgan fingerprint density at radius 2 is 1.66 bits per heavy atom. The molecule has 0 unspecified atom stereocenters. The Morgan fingerprint density at radius 3 is 2.25 bits per heavy atom. The van der Waals surface area contributed by atoms with E-state index in [-0.39, 0.29) is 17.9 Å². The van der Waals surface area contributed by atoms with Crippen LogP contribution in [-0.4, -0.2) is 17.6 Å². The predicted molar refractivity (Wildman–Crippen MR) is 128 cm³/mol. The number of ether oxygens (including phenoxy) is 1. The van der Waals surface area contributed by atoms with Crippen LogP contribution in [-0.2, 0) is 11.2 Å². The van der Waals surface area contributed by atoms with E-state index >= 15 is 0 Å². The molecule has 1 amide bonds. The number of carbonyl (C=O) groups is 1. The molecule has 0 aliphatic heterocycles. The van der Waals surface area contributed by atoms with E-state index in [0.717, 1.165) is 17.5 Å². The zero-order chi connectivity index (χ0) is 23.1.